The quantitative estimate of drug-likeness (QED) is 0.712. The van der Waals surface area contributed by atoms with Crippen molar-refractivity contribution in [1.29, 1.82) is 5.26 Å². The molecule has 0 bridgehead atoms. The summed E-state index contributed by atoms with van der Waals surface area (Å²) in [5.74, 6) is 0. The van der Waals surface area contributed by atoms with E-state index in [1.54, 1.807) is 12.1 Å². The summed E-state index contributed by atoms with van der Waals surface area (Å²) in [4.78, 5) is 0. The second-order valence-corrected chi connectivity index (χ2v) is 6.50. The molecule has 2 nitrogen and oxygen atoms in total. The number of rotatable bonds is 5. The Hall–Kier alpha value is -0.430. The highest BCUT2D eigenvalue weighted by Crippen LogP contribution is 2.33. The molecular formula is C13H15BrCl2N2. The molecule has 0 heterocycles. The van der Waals surface area contributed by atoms with E-state index in [1.165, 1.54) is 0 Å². The Morgan fingerprint density at radius 3 is 2.39 bits per heavy atom. The third-order valence-corrected chi connectivity index (χ3v) is 3.64. The molecule has 0 aliphatic carbocycles. The van der Waals surface area contributed by atoms with Crippen molar-refractivity contribution in [2.24, 2.45) is 5.41 Å². The van der Waals surface area contributed by atoms with E-state index in [1.807, 2.05) is 13.8 Å². The monoisotopic (exact) mass is 348 g/mol. The molecule has 0 aromatic heterocycles. The second kappa shape index (κ2) is 6.65. The maximum absolute atomic E-state index is 8.91. The van der Waals surface area contributed by atoms with Crippen LogP contribution in [0.4, 0.5) is 5.69 Å². The van der Waals surface area contributed by atoms with E-state index in [2.05, 4.69) is 27.3 Å². The van der Waals surface area contributed by atoms with E-state index in [4.69, 9.17) is 28.5 Å². The van der Waals surface area contributed by atoms with Crippen molar-refractivity contribution in [1.82, 2.24) is 0 Å². The summed E-state index contributed by atoms with van der Waals surface area (Å²) in [5, 5.41) is 13.3. The summed E-state index contributed by atoms with van der Waals surface area (Å²) in [6.45, 7) is 4.62. The number of halogens is 3. The van der Waals surface area contributed by atoms with Crippen molar-refractivity contribution < 1.29 is 0 Å². The summed E-state index contributed by atoms with van der Waals surface area (Å²) in [5.41, 5.74) is 0.464. The fourth-order valence-electron chi connectivity index (χ4n) is 1.51. The van der Waals surface area contributed by atoms with E-state index in [0.717, 1.165) is 29.5 Å². The van der Waals surface area contributed by atoms with E-state index < -0.39 is 0 Å². The van der Waals surface area contributed by atoms with Crippen molar-refractivity contribution in [3.05, 3.63) is 26.7 Å². The van der Waals surface area contributed by atoms with Crippen molar-refractivity contribution >= 4 is 44.8 Å². The highest BCUT2D eigenvalue weighted by Gasteiger charge is 2.15. The van der Waals surface area contributed by atoms with Crippen LogP contribution in [-0.4, -0.2) is 6.54 Å². The predicted molar refractivity (Wildman–Crippen MR) is 81.3 cm³/mol. The topological polar surface area (TPSA) is 35.8 Å². The van der Waals surface area contributed by atoms with Gasteiger partial charge in [0.15, 0.2) is 0 Å². The van der Waals surface area contributed by atoms with Crippen LogP contribution in [0.2, 0.25) is 10.0 Å². The minimum absolute atomic E-state index is 0.283. The Morgan fingerprint density at radius 1 is 1.33 bits per heavy atom. The van der Waals surface area contributed by atoms with Crippen LogP contribution < -0.4 is 5.32 Å². The second-order valence-electron chi connectivity index (χ2n) is 4.77. The number of nitrogens with zero attached hydrogens (tertiary/aromatic N) is 1. The molecule has 0 saturated heterocycles. The average Bonchev–Trinajstić information content (AvgIpc) is 2.26. The summed E-state index contributed by atoms with van der Waals surface area (Å²) in [7, 11) is 0. The zero-order valence-corrected chi connectivity index (χ0v) is 13.5. The molecule has 1 aromatic carbocycles. The lowest BCUT2D eigenvalue weighted by Gasteiger charge is -2.16. The summed E-state index contributed by atoms with van der Waals surface area (Å²) >= 11 is 15.5. The van der Waals surface area contributed by atoms with Crippen LogP contribution in [0.5, 0.6) is 0 Å². The van der Waals surface area contributed by atoms with Crippen LogP contribution >= 0.6 is 39.1 Å². The molecule has 0 spiro atoms. The molecule has 1 N–H and O–H groups in total. The lowest BCUT2D eigenvalue weighted by atomic mass is 9.90. The lowest BCUT2D eigenvalue weighted by molar-refractivity contribution is 0.441. The van der Waals surface area contributed by atoms with Gasteiger partial charge in [-0.25, -0.2) is 0 Å². The molecule has 98 valence electrons. The summed E-state index contributed by atoms with van der Waals surface area (Å²) < 4.78 is 0.855. The Morgan fingerprint density at radius 2 is 1.89 bits per heavy atom. The first-order valence-corrected chi connectivity index (χ1v) is 7.20. The third kappa shape index (κ3) is 4.68. The van der Waals surface area contributed by atoms with Gasteiger partial charge in [-0.1, -0.05) is 39.1 Å². The average molecular weight is 350 g/mol. The molecule has 0 aliphatic heterocycles. The molecule has 1 rings (SSSR count). The van der Waals surface area contributed by atoms with Gasteiger partial charge in [-0.15, -0.1) is 0 Å². The van der Waals surface area contributed by atoms with Gasteiger partial charge in [-0.3, -0.25) is 0 Å². The minimum Gasteiger partial charge on any atom is -0.383 e. The number of anilines is 1. The van der Waals surface area contributed by atoms with E-state index in [0.29, 0.717) is 10.0 Å². The van der Waals surface area contributed by atoms with Gasteiger partial charge in [0.2, 0.25) is 0 Å². The van der Waals surface area contributed by atoms with Crippen molar-refractivity contribution in [2.75, 3.05) is 11.9 Å². The molecule has 0 atom stereocenters. The normalized spacial score (nSPS) is 11.1. The van der Waals surface area contributed by atoms with Crippen molar-refractivity contribution in [3.8, 4) is 6.07 Å². The van der Waals surface area contributed by atoms with Gasteiger partial charge in [0, 0.05) is 11.0 Å². The van der Waals surface area contributed by atoms with Gasteiger partial charge in [0.05, 0.1) is 27.2 Å². The standard InChI is InChI=1S/C13H15BrCl2N2/c1-13(2,8-17)4-3-5-18-12-10(15)6-9(14)7-11(12)16/h6-7,18H,3-5H2,1-2H3. The number of nitriles is 1. The first kappa shape index (κ1) is 15.6. The fourth-order valence-corrected chi connectivity index (χ4v) is 2.85. The molecule has 0 saturated carbocycles. The predicted octanol–water partition coefficient (Wildman–Crippen LogP) is 5.50. The van der Waals surface area contributed by atoms with Gasteiger partial charge in [0.1, 0.15) is 0 Å². The summed E-state index contributed by atoms with van der Waals surface area (Å²) in [6.07, 6.45) is 1.73. The lowest BCUT2D eigenvalue weighted by Crippen LogP contribution is -2.11. The highest BCUT2D eigenvalue weighted by molar-refractivity contribution is 9.10. The van der Waals surface area contributed by atoms with Gasteiger partial charge in [-0.2, -0.15) is 5.26 Å². The number of benzene rings is 1. The smallest absolute Gasteiger partial charge is 0.0719 e. The highest BCUT2D eigenvalue weighted by atomic mass is 79.9. The molecule has 0 radical (unpaired) electrons. The van der Waals surface area contributed by atoms with E-state index in [-0.39, 0.29) is 5.41 Å². The maximum atomic E-state index is 8.91. The first-order valence-electron chi connectivity index (χ1n) is 5.65. The van der Waals surface area contributed by atoms with Crippen molar-refractivity contribution in [2.45, 2.75) is 26.7 Å². The number of hydrogen-bond acceptors (Lipinski definition) is 2. The van der Waals surface area contributed by atoms with Crippen LogP contribution in [0.3, 0.4) is 0 Å². The molecule has 0 amide bonds. The molecule has 0 aliphatic rings. The number of nitrogens with one attached hydrogen (secondary N) is 1. The zero-order valence-electron chi connectivity index (χ0n) is 10.4. The van der Waals surface area contributed by atoms with Gasteiger partial charge in [-0.05, 0) is 38.8 Å². The number of hydrogen-bond donors (Lipinski definition) is 1. The molecule has 18 heavy (non-hydrogen) atoms. The summed E-state index contributed by atoms with van der Waals surface area (Å²) in [6, 6.07) is 5.89. The van der Waals surface area contributed by atoms with Gasteiger partial charge >= 0.3 is 0 Å². The molecule has 0 fully saturated rings. The Balaban J connectivity index is 2.53. The molecule has 5 heteroatoms. The van der Waals surface area contributed by atoms with E-state index in [9.17, 15) is 0 Å². The Kier molecular flexibility index (Phi) is 5.78. The zero-order chi connectivity index (χ0) is 13.8. The molecule has 1 aromatic rings. The van der Waals surface area contributed by atoms with Crippen LogP contribution in [0, 0.1) is 16.7 Å². The largest absolute Gasteiger partial charge is 0.383 e. The van der Waals surface area contributed by atoms with Crippen LogP contribution in [0.25, 0.3) is 0 Å². The maximum Gasteiger partial charge on any atom is 0.0719 e. The Bertz CT molecular complexity index is 444. The van der Waals surface area contributed by atoms with Crippen LogP contribution in [0.1, 0.15) is 26.7 Å². The first-order chi connectivity index (χ1) is 8.35. The Labute approximate surface area is 126 Å². The minimum atomic E-state index is -0.283. The van der Waals surface area contributed by atoms with E-state index >= 15 is 0 Å². The van der Waals surface area contributed by atoms with Gasteiger partial charge < -0.3 is 5.32 Å². The molecular weight excluding hydrogens is 335 g/mol. The SMILES string of the molecule is CC(C)(C#N)CCCNc1c(Cl)cc(Br)cc1Cl. The van der Waals surface area contributed by atoms with Crippen molar-refractivity contribution in [3.63, 3.8) is 0 Å². The van der Waals surface area contributed by atoms with Crippen LogP contribution in [0.15, 0.2) is 16.6 Å². The van der Waals surface area contributed by atoms with Gasteiger partial charge in [0.25, 0.3) is 0 Å². The van der Waals surface area contributed by atoms with Crippen LogP contribution in [-0.2, 0) is 0 Å². The molecule has 0 unspecified atom stereocenters. The third-order valence-electron chi connectivity index (χ3n) is 2.59. The fraction of sp³-hybridized carbons (Fsp3) is 0.462.